The first kappa shape index (κ1) is 11.2. The summed E-state index contributed by atoms with van der Waals surface area (Å²) < 4.78 is 2.07. The molecule has 0 atom stereocenters. The van der Waals surface area contributed by atoms with Crippen molar-refractivity contribution < 1.29 is 0 Å². The summed E-state index contributed by atoms with van der Waals surface area (Å²) in [7, 11) is 0. The third-order valence-electron chi connectivity index (χ3n) is 2.65. The SMILES string of the molecule is CCn1cncc1CNc1ccccc1C#N. The van der Waals surface area contributed by atoms with Gasteiger partial charge < -0.3 is 9.88 Å². The smallest absolute Gasteiger partial charge is 0.101 e. The van der Waals surface area contributed by atoms with Crippen LogP contribution in [0.4, 0.5) is 5.69 Å². The van der Waals surface area contributed by atoms with E-state index in [2.05, 4.69) is 27.9 Å². The number of nitrogens with zero attached hydrogens (tertiary/aromatic N) is 3. The van der Waals surface area contributed by atoms with Crippen LogP contribution in [-0.4, -0.2) is 9.55 Å². The van der Waals surface area contributed by atoms with Gasteiger partial charge in [-0.1, -0.05) is 12.1 Å². The van der Waals surface area contributed by atoms with Crippen LogP contribution in [0.5, 0.6) is 0 Å². The van der Waals surface area contributed by atoms with Crippen molar-refractivity contribution in [3.05, 3.63) is 48.0 Å². The van der Waals surface area contributed by atoms with E-state index in [0.29, 0.717) is 12.1 Å². The molecular formula is C13H14N4. The van der Waals surface area contributed by atoms with E-state index >= 15 is 0 Å². The van der Waals surface area contributed by atoms with E-state index in [0.717, 1.165) is 17.9 Å². The quantitative estimate of drug-likeness (QED) is 0.870. The molecule has 4 nitrogen and oxygen atoms in total. The molecule has 0 radical (unpaired) electrons. The summed E-state index contributed by atoms with van der Waals surface area (Å²) in [6.07, 6.45) is 3.65. The van der Waals surface area contributed by atoms with Crippen molar-refractivity contribution in [2.75, 3.05) is 5.32 Å². The van der Waals surface area contributed by atoms with E-state index in [1.807, 2.05) is 30.7 Å². The van der Waals surface area contributed by atoms with Crippen LogP contribution in [0.3, 0.4) is 0 Å². The summed E-state index contributed by atoms with van der Waals surface area (Å²) in [5.41, 5.74) is 2.63. The van der Waals surface area contributed by atoms with Crippen LogP contribution >= 0.6 is 0 Å². The molecule has 0 saturated heterocycles. The maximum Gasteiger partial charge on any atom is 0.101 e. The minimum atomic E-state index is 0.662. The fourth-order valence-electron chi connectivity index (χ4n) is 1.70. The molecule has 1 aromatic heterocycles. The lowest BCUT2D eigenvalue weighted by Gasteiger charge is -2.09. The van der Waals surface area contributed by atoms with Crippen LogP contribution in [0.2, 0.25) is 0 Å². The van der Waals surface area contributed by atoms with Crippen LogP contribution in [0, 0.1) is 11.3 Å². The van der Waals surface area contributed by atoms with Crippen molar-refractivity contribution in [1.29, 1.82) is 5.26 Å². The molecule has 1 heterocycles. The average molecular weight is 226 g/mol. The first-order valence-electron chi connectivity index (χ1n) is 5.57. The van der Waals surface area contributed by atoms with Gasteiger partial charge >= 0.3 is 0 Å². The van der Waals surface area contributed by atoms with Gasteiger partial charge in [-0.05, 0) is 19.1 Å². The largest absolute Gasteiger partial charge is 0.378 e. The van der Waals surface area contributed by atoms with Crippen LogP contribution in [-0.2, 0) is 13.1 Å². The third-order valence-corrected chi connectivity index (χ3v) is 2.65. The van der Waals surface area contributed by atoms with E-state index in [1.165, 1.54) is 0 Å². The Morgan fingerprint density at radius 3 is 3.00 bits per heavy atom. The summed E-state index contributed by atoms with van der Waals surface area (Å²) in [4.78, 5) is 4.11. The van der Waals surface area contributed by atoms with Crippen LogP contribution in [0.1, 0.15) is 18.2 Å². The Bertz CT molecular complexity index is 536. The number of nitrogens with one attached hydrogen (secondary N) is 1. The predicted molar refractivity (Wildman–Crippen MR) is 66.4 cm³/mol. The van der Waals surface area contributed by atoms with Crippen molar-refractivity contribution in [1.82, 2.24) is 9.55 Å². The topological polar surface area (TPSA) is 53.6 Å². The summed E-state index contributed by atoms with van der Waals surface area (Å²) in [6.45, 7) is 3.65. The van der Waals surface area contributed by atoms with Crippen molar-refractivity contribution in [3.8, 4) is 6.07 Å². The third kappa shape index (κ3) is 2.45. The summed E-state index contributed by atoms with van der Waals surface area (Å²) in [5.74, 6) is 0. The van der Waals surface area contributed by atoms with E-state index < -0.39 is 0 Å². The Morgan fingerprint density at radius 1 is 1.41 bits per heavy atom. The Morgan fingerprint density at radius 2 is 2.24 bits per heavy atom. The zero-order chi connectivity index (χ0) is 12.1. The van der Waals surface area contributed by atoms with Crippen molar-refractivity contribution >= 4 is 5.69 Å². The highest BCUT2D eigenvalue weighted by Gasteiger charge is 2.02. The minimum absolute atomic E-state index is 0.662. The molecule has 0 bridgehead atoms. The molecule has 86 valence electrons. The van der Waals surface area contributed by atoms with E-state index in [9.17, 15) is 0 Å². The molecule has 1 N–H and O–H groups in total. The molecule has 0 spiro atoms. The highest BCUT2D eigenvalue weighted by atomic mass is 15.1. The molecule has 2 aromatic rings. The summed E-state index contributed by atoms with van der Waals surface area (Å²) in [5, 5.41) is 12.2. The van der Waals surface area contributed by atoms with E-state index in [-0.39, 0.29) is 0 Å². The monoisotopic (exact) mass is 226 g/mol. The molecule has 1 aromatic carbocycles. The lowest BCUT2D eigenvalue weighted by molar-refractivity contribution is 0.719. The van der Waals surface area contributed by atoms with Gasteiger partial charge in [-0.2, -0.15) is 5.26 Å². The predicted octanol–water partition coefficient (Wildman–Crippen LogP) is 2.39. The Labute approximate surface area is 101 Å². The molecule has 0 aliphatic heterocycles. The zero-order valence-electron chi connectivity index (χ0n) is 9.72. The van der Waals surface area contributed by atoms with Crippen LogP contribution in [0.15, 0.2) is 36.8 Å². The second kappa shape index (κ2) is 5.17. The molecule has 0 aliphatic rings. The second-order valence-electron chi connectivity index (χ2n) is 3.68. The highest BCUT2D eigenvalue weighted by Crippen LogP contribution is 2.14. The first-order valence-corrected chi connectivity index (χ1v) is 5.57. The first-order chi connectivity index (χ1) is 8.35. The number of hydrogen-bond acceptors (Lipinski definition) is 3. The molecule has 0 amide bonds. The molecule has 2 rings (SSSR count). The number of aromatic nitrogens is 2. The maximum atomic E-state index is 8.97. The van der Waals surface area contributed by atoms with Gasteiger partial charge in [-0.25, -0.2) is 4.98 Å². The molecule has 0 unspecified atom stereocenters. The van der Waals surface area contributed by atoms with E-state index in [4.69, 9.17) is 5.26 Å². The van der Waals surface area contributed by atoms with Crippen molar-refractivity contribution in [2.45, 2.75) is 20.0 Å². The average Bonchev–Trinajstić information content (AvgIpc) is 2.84. The standard InChI is InChI=1S/C13H14N4/c1-2-17-10-15-8-12(17)9-16-13-6-4-3-5-11(13)7-14/h3-6,8,10,16H,2,9H2,1H3. The lowest BCUT2D eigenvalue weighted by atomic mass is 10.2. The molecule has 0 saturated carbocycles. The minimum Gasteiger partial charge on any atom is -0.378 e. The maximum absolute atomic E-state index is 8.97. The normalized spacial score (nSPS) is 9.88. The van der Waals surface area contributed by atoms with Gasteiger partial charge in [0.1, 0.15) is 6.07 Å². The number of hydrogen-bond donors (Lipinski definition) is 1. The van der Waals surface area contributed by atoms with Gasteiger partial charge in [-0.3, -0.25) is 0 Å². The van der Waals surface area contributed by atoms with E-state index in [1.54, 1.807) is 6.07 Å². The molecule has 17 heavy (non-hydrogen) atoms. The number of aryl methyl sites for hydroxylation is 1. The van der Waals surface area contributed by atoms with Gasteiger partial charge in [0.25, 0.3) is 0 Å². The number of anilines is 1. The Kier molecular flexibility index (Phi) is 3.41. The van der Waals surface area contributed by atoms with Crippen LogP contribution in [0.25, 0.3) is 0 Å². The second-order valence-corrected chi connectivity index (χ2v) is 3.68. The van der Waals surface area contributed by atoms with Gasteiger partial charge in [0.2, 0.25) is 0 Å². The highest BCUT2D eigenvalue weighted by molar-refractivity contribution is 5.57. The molecule has 0 fully saturated rings. The fraction of sp³-hybridized carbons (Fsp3) is 0.231. The fourth-order valence-corrected chi connectivity index (χ4v) is 1.70. The van der Waals surface area contributed by atoms with Gasteiger partial charge in [-0.15, -0.1) is 0 Å². The van der Waals surface area contributed by atoms with Crippen molar-refractivity contribution in [2.24, 2.45) is 0 Å². The Hall–Kier alpha value is -2.28. The number of para-hydroxylation sites is 1. The summed E-state index contributed by atoms with van der Waals surface area (Å²) in [6, 6.07) is 9.66. The number of imidazole rings is 1. The van der Waals surface area contributed by atoms with Gasteiger partial charge in [0.05, 0.1) is 29.8 Å². The Balaban J connectivity index is 2.10. The van der Waals surface area contributed by atoms with Crippen molar-refractivity contribution in [3.63, 3.8) is 0 Å². The zero-order valence-corrected chi connectivity index (χ0v) is 9.72. The van der Waals surface area contributed by atoms with Crippen LogP contribution < -0.4 is 5.32 Å². The molecule has 0 aliphatic carbocycles. The molecule has 4 heteroatoms. The van der Waals surface area contributed by atoms with Gasteiger partial charge in [0.15, 0.2) is 0 Å². The number of nitriles is 1. The number of rotatable bonds is 4. The lowest BCUT2D eigenvalue weighted by Crippen LogP contribution is -2.06. The summed E-state index contributed by atoms with van der Waals surface area (Å²) >= 11 is 0. The molecular weight excluding hydrogens is 212 g/mol. The number of benzene rings is 1. The van der Waals surface area contributed by atoms with Gasteiger partial charge in [0, 0.05) is 12.7 Å².